The lowest BCUT2D eigenvalue weighted by Gasteiger charge is -2.15. The van der Waals surface area contributed by atoms with Gasteiger partial charge in [0.2, 0.25) is 0 Å². The predicted molar refractivity (Wildman–Crippen MR) is 115 cm³/mol. The predicted octanol–water partition coefficient (Wildman–Crippen LogP) is 5.18. The van der Waals surface area contributed by atoms with E-state index in [0.29, 0.717) is 33.4 Å². The number of thioether (sulfide) groups is 1. The van der Waals surface area contributed by atoms with Crippen LogP contribution in [-0.4, -0.2) is 19.5 Å². The highest BCUT2D eigenvalue weighted by Gasteiger charge is 2.13. The van der Waals surface area contributed by atoms with Crippen molar-refractivity contribution in [2.75, 3.05) is 0 Å². The quantitative estimate of drug-likeness (QED) is 0.460. The van der Waals surface area contributed by atoms with Gasteiger partial charge >= 0.3 is 0 Å². The summed E-state index contributed by atoms with van der Waals surface area (Å²) in [5.41, 5.74) is 2.83. The Labute approximate surface area is 171 Å². The molecule has 28 heavy (non-hydrogen) atoms. The molecule has 0 unspecified atom stereocenters. The van der Waals surface area contributed by atoms with Gasteiger partial charge in [0.25, 0.3) is 5.56 Å². The summed E-state index contributed by atoms with van der Waals surface area (Å²) in [6.45, 7) is 4.36. The van der Waals surface area contributed by atoms with Crippen LogP contribution in [0.4, 0.5) is 0 Å². The highest BCUT2D eigenvalue weighted by molar-refractivity contribution is 7.98. The molecule has 0 fully saturated rings. The fourth-order valence-electron chi connectivity index (χ4n) is 3.14. The molecule has 0 bridgehead atoms. The van der Waals surface area contributed by atoms with Gasteiger partial charge in [-0.1, -0.05) is 55.4 Å². The molecule has 0 saturated carbocycles. The molecule has 2 aromatic carbocycles. The molecule has 2 heterocycles. The minimum absolute atomic E-state index is 0.184. The van der Waals surface area contributed by atoms with E-state index in [0.717, 1.165) is 10.8 Å². The van der Waals surface area contributed by atoms with Crippen molar-refractivity contribution in [3.8, 4) is 5.69 Å². The van der Waals surface area contributed by atoms with Crippen LogP contribution in [0, 0.1) is 0 Å². The highest BCUT2D eigenvalue weighted by atomic mass is 35.5. The van der Waals surface area contributed by atoms with Crippen LogP contribution in [0.3, 0.4) is 0 Å². The number of benzene rings is 2. The number of H-pyrrole nitrogens is 1. The average Bonchev–Trinajstić information content (AvgIpc) is 3.15. The van der Waals surface area contributed by atoms with E-state index >= 15 is 0 Å². The van der Waals surface area contributed by atoms with Gasteiger partial charge in [-0.3, -0.25) is 9.36 Å². The van der Waals surface area contributed by atoms with E-state index in [-0.39, 0.29) is 5.56 Å². The molecule has 4 rings (SSSR count). The maximum absolute atomic E-state index is 12.3. The molecule has 0 aliphatic rings. The van der Waals surface area contributed by atoms with Crippen LogP contribution in [0.5, 0.6) is 0 Å². The number of aromatic nitrogens is 4. The van der Waals surface area contributed by atoms with Gasteiger partial charge in [0.05, 0.1) is 22.3 Å². The topological polar surface area (TPSA) is 63.6 Å². The van der Waals surface area contributed by atoms with E-state index < -0.39 is 0 Å². The first kappa shape index (κ1) is 18.8. The van der Waals surface area contributed by atoms with Gasteiger partial charge in [-0.15, -0.1) is 0 Å². The second-order valence-electron chi connectivity index (χ2n) is 6.76. The van der Waals surface area contributed by atoms with Gasteiger partial charge in [-0.25, -0.2) is 9.97 Å². The second kappa shape index (κ2) is 7.81. The third kappa shape index (κ3) is 3.70. The second-order valence-corrected chi connectivity index (χ2v) is 8.14. The molecule has 1 N–H and O–H groups in total. The zero-order chi connectivity index (χ0) is 19.7. The Bertz CT molecular complexity index is 1200. The van der Waals surface area contributed by atoms with E-state index in [1.54, 1.807) is 24.4 Å². The number of halogens is 1. The molecule has 0 aliphatic carbocycles. The molecule has 0 saturated heterocycles. The monoisotopic (exact) mass is 410 g/mol. The van der Waals surface area contributed by atoms with Gasteiger partial charge in [0, 0.05) is 17.4 Å². The molecule has 0 atom stereocenters. The van der Waals surface area contributed by atoms with Crippen LogP contribution in [-0.2, 0) is 5.75 Å². The molecular weight excluding hydrogens is 392 g/mol. The summed E-state index contributed by atoms with van der Waals surface area (Å²) < 4.78 is 2.08. The molecular formula is C21H19ClN4OS. The van der Waals surface area contributed by atoms with Gasteiger partial charge in [-0.05, 0) is 35.7 Å². The summed E-state index contributed by atoms with van der Waals surface area (Å²) in [4.78, 5) is 24.2. The fraction of sp³-hybridized carbons (Fsp3) is 0.190. The van der Waals surface area contributed by atoms with E-state index in [2.05, 4.69) is 51.6 Å². The molecule has 0 aliphatic heterocycles. The fourth-order valence-corrected chi connectivity index (χ4v) is 4.14. The highest BCUT2D eigenvalue weighted by Crippen LogP contribution is 2.28. The summed E-state index contributed by atoms with van der Waals surface area (Å²) in [7, 11) is 0. The number of hydrogen-bond donors (Lipinski definition) is 1. The first-order valence-electron chi connectivity index (χ1n) is 8.97. The van der Waals surface area contributed by atoms with Crippen LogP contribution in [0.15, 0.2) is 64.8 Å². The molecule has 2 aromatic heterocycles. The number of aromatic amines is 1. The first-order chi connectivity index (χ1) is 13.5. The Morgan fingerprint density at radius 3 is 2.86 bits per heavy atom. The Hall–Kier alpha value is -2.57. The minimum atomic E-state index is -0.184. The van der Waals surface area contributed by atoms with Crippen LogP contribution in [0.1, 0.15) is 31.2 Å². The van der Waals surface area contributed by atoms with Crippen LogP contribution in [0.25, 0.3) is 16.6 Å². The number of imidazole rings is 1. The Morgan fingerprint density at radius 1 is 1.21 bits per heavy atom. The zero-order valence-corrected chi connectivity index (χ0v) is 17.1. The van der Waals surface area contributed by atoms with Crippen LogP contribution in [0.2, 0.25) is 5.02 Å². The zero-order valence-electron chi connectivity index (χ0n) is 15.5. The lowest BCUT2D eigenvalue weighted by Crippen LogP contribution is -2.11. The number of para-hydroxylation sites is 1. The lowest BCUT2D eigenvalue weighted by atomic mass is 10.0. The Kier molecular flexibility index (Phi) is 5.24. The van der Waals surface area contributed by atoms with Crippen molar-refractivity contribution in [3.63, 3.8) is 0 Å². The van der Waals surface area contributed by atoms with E-state index in [4.69, 9.17) is 11.6 Å². The van der Waals surface area contributed by atoms with Gasteiger partial charge in [0.15, 0.2) is 5.16 Å². The van der Waals surface area contributed by atoms with Crippen molar-refractivity contribution in [1.82, 2.24) is 19.5 Å². The summed E-state index contributed by atoms with van der Waals surface area (Å²) in [5, 5.41) is 1.87. The molecule has 0 amide bonds. The number of nitrogens with one attached hydrogen (secondary N) is 1. The first-order valence-corrected chi connectivity index (χ1v) is 10.3. The normalized spacial score (nSPS) is 11.4. The maximum Gasteiger partial charge on any atom is 0.258 e. The molecule has 5 nitrogen and oxygen atoms in total. The number of rotatable bonds is 5. The van der Waals surface area contributed by atoms with Crippen molar-refractivity contribution in [2.24, 2.45) is 0 Å². The Balaban J connectivity index is 1.63. The van der Waals surface area contributed by atoms with Crippen molar-refractivity contribution < 1.29 is 0 Å². The summed E-state index contributed by atoms with van der Waals surface area (Å²) in [6.07, 6.45) is 3.75. The van der Waals surface area contributed by atoms with Gasteiger partial charge < -0.3 is 4.98 Å². The largest absolute Gasteiger partial charge is 0.309 e. The molecule has 0 radical (unpaired) electrons. The standard InChI is InChI=1S/C21H19ClN4OS/c1-13(2)15-5-3-4-6-18(15)26-10-9-23-21(26)28-12-19-24-17-8-7-14(22)11-16(17)20(27)25-19/h3-11,13H,12H2,1-2H3,(H,24,25,27). The van der Waals surface area contributed by atoms with E-state index in [9.17, 15) is 4.79 Å². The Morgan fingerprint density at radius 2 is 2.04 bits per heavy atom. The minimum Gasteiger partial charge on any atom is -0.309 e. The number of fused-ring (bicyclic) bond motifs is 1. The summed E-state index contributed by atoms with van der Waals surface area (Å²) >= 11 is 7.51. The SMILES string of the molecule is CC(C)c1ccccc1-n1ccnc1SCc1nc2ccc(Cl)cc2c(=O)[nH]1. The molecule has 7 heteroatoms. The smallest absolute Gasteiger partial charge is 0.258 e. The molecule has 142 valence electrons. The van der Waals surface area contributed by atoms with E-state index in [1.807, 2.05) is 12.3 Å². The van der Waals surface area contributed by atoms with E-state index in [1.165, 1.54) is 17.3 Å². The third-order valence-corrected chi connectivity index (χ3v) is 5.69. The van der Waals surface area contributed by atoms with Gasteiger partial charge in [0.1, 0.15) is 5.82 Å². The van der Waals surface area contributed by atoms with Crippen LogP contribution < -0.4 is 5.56 Å². The molecule has 0 spiro atoms. The molecule has 4 aromatic rings. The van der Waals surface area contributed by atoms with Crippen molar-refractivity contribution in [3.05, 3.63) is 81.6 Å². The summed E-state index contributed by atoms with van der Waals surface area (Å²) in [5.74, 6) is 1.52. The maximum atomic E-state index is 12.3. The lowest BCUT2D eigenvalue weighted by molar-refractivity contribution is 0.817. The van der Waals surface area contributed by atoms with Crippen molar-refractivity contribution in [2.45, 2.75) is 30.7 Å². The third-order valence-electron chi connectivity index (χ3n) is 4.48. The van der Waals surface area contributed by atoms with Crippen molar-refractivity contribution >= 4 is 34.3 Å². The average molecular weight is 411 g/mol. The van der Waals surface area contributed by atoms with Gasteiger partial charge in [-0.2, -0.15) is 0 Å². The number of hydrogen-bond acceptors (Lipinski definition) is 4. The van der Waals surface area contributed by atoms with Crippen LogP contribution >= 0.6 is 23.4 Å². The summed E-state index contributed by atoms with van der Waals surface area (Å²) in [6, 6.07) is 13.5. The van der Waals surface area contributed by atoms with Crippen molar-refractivity contribution in [1.29, 1.82) is 0 Å². The number of nitrogens with zero attached hydrogens (tertiary/aromatic N) is 3.